The van der Waals surface area contributed by atoms with Gasteiger partial charge in [0.15, 0.2) is 0 Å². The highest BCUT2D eigenvalue weighted by atomic mass is 79.9. The lowest BCUT2D eigenvalue weighted by molar-refractivity contribution is 0.0238. The fourth-order valence-corrected chi connectivity index (χ4v) is 3.58. The molecular formula is C14H18BrFO2. The second kappa shape index (κ2) is 6.02. The van der Waals surface area contributed by atoms with Crippen molar-refractivity contribution in [3.63, 3.8) is 0 Å². The summed E-state index contributed by atoms with van der Waals surface area (Å²) in [7, 11) is 1.54. The molecule has 0 aliphatic carbocycles. The Kier molecular flexibility index (Phi) is 4.62. The molecule has 0 N–H and O–H groups in total. The Balaban J connectivity index is 2.19. The zero-order chi connectivity index (χ0) is 13.1. The van der Waals surface area contributed by atoms with Crippen molar-refractivity contribution in [2.45, 2.75) is 18.2 Å². The van der Waals surface area contributed by atoms with Gasteiger partial charge in [-0.3, -0.25) is 0 Å². The van der Waals surface area contributed by atoms with Gasteiger partial charge in [0, 0.05) is 29.7 Å². The number of rotatable bonds is 3. The Bertz CT molecular complexity index is 411. The number of hydrogen-bond acceptors (Lipinski definition) is 2. The summed E-state index contributed by atoms with van der Waals surface area (Å²) in [5.41, 5.74) is 0.703. The molecule has 0 radical (unpaired) electrons. The van der Waals surface area contributed by atoms with Gasteiger partial charge in [0.2, 0.25) is 0 Å². The molecule has 1 aromatic carbocycles. The molecule has 100 valence electrons. The van der Waals surface area contributed by atoms with Crippen molar-refractivity contribution in [1.29, 1.82) is 0 Å². The molecule has 4 heteroatoms. The Morgan fingerprint density at radius 3 is 2.89 bits per heavy atom. The van der Waals surface area contributed by atoms with Gasteiger partial charge in [0.1, 0.15) is 11.6 Å². The average molecular weight is 317 g/mol. The zero-order valence-electron chi connectivity index (χ0n) is 10.7. The minimum atomic E-state index is -0.213. The van der Waals surface area contributed by atoms with E-state index < -0.39 is 0 Å². The Morgan fingerprint density at radius 1 is 1.50 bits per heavy atom. The zero-order valence-corrected chi connectivity index (χ0v) is 12.2. The molecular weight excluding hydrogens is 299 g/mol. The van der Waals surface area contributed by atoms with Crippen molar-refractivity contribution < 1.29 is 13.9 Å². The Labute approximate surface area is 116 Å². The van der Waals surface area contributed by atoms with Crippen molar-refractivity contribution in [2.24, 2.45) is 11.8 Å². The fourth-order valence-electron chi connectivity index (χ4n) is 2.42. The largest absolute Gasteiger partial charge is 0.497 e. The van der Waals surface area contributed by atoms with Crippen LogP contribution >= 0.6 is 15.9 Å². The van der Waals surface area contributed by atoms with Crippen LogP contribution in [-0.4, -0.2) is 20.3 Å². The second-order valence-electron chi connectivity index (χ2n) is 4.79. The van der Waals surface area contributed by atoms with Crippen molar-refractivity contribution in [3.05, 3.63) is 29.6 Å². The minimum Gasteiger partial charge on any atom is -0.497 e. The monoisotopic (exact) mass is 316 g/mol. The van der Waals surface area contributed by atoms with Crippen LogP contribution in [0.25, 0.3) is 0 Å². The van der Waals surface area contributed by atoms with Crippen LogP contribution < -0.4 is 4.74 Å². The maximum Gasteiger partial charge on any atom is 0.131 e. The van der Waals surface area contributed by atoms with Gasteiger partial charge in [0.05, 0.1) is 7.11 Å². The van der Waals surface area contributed by atoms with E-state index in [4.69, 9.17) is 9.47 Å². The van der Waals surface area contributed by atoms with Gasteiger partial charge in [-0.2, -0.15) is 0 Å². The number of benzene rings is 1. The summed E-state index contributed by atoms with van der Waals surface area (Å²) >= 11 is 3.65. The van der Waals surface area contributed by atoms with Crippen LogP contribution in [0.2, 0.25) is 0 Å². The minimum absolute atomic E-state index is 0.0299. The van der Waals surface area contributed by atoms with Gasteiger partial charge in [0.25, 0.3) is 0 Å². The van der Waals surface area contributed by atoms with E-state index in [-0.39, 0.29) is 10.6 Å². The number of alkyl halides is 1. The highest BCUT2D eigenvalue weighted by molar-refractivity contribution is 9.09. The predicted octanol–water partition coefficient (Wildman–Crippen LogP) is 3.94. The summed E-state index contributed by atoms with van der Waals surface area (Å²) < 4.78 is 24.5. The first kappa shape index (κ1) is 13.8. The fraction of sp³-hybridized carbons (Fsp3) is 0.571. The van der Waals surface area contributed by atoms with Crippen LogP contribution in [0.4, 0.5) is 4.39 Å². The molecule has 0 amide bonds. The molecule has 3 atom stereocenters. The predicted molar refractivity (Wildman–Crippen MR) is 72.7 cm³/mol. The molecule has 1 heterocycles. The molecule has 2 rings (SSSR count). The number of ether oxygens (including phenoxy) is 2. The van der Waals surface area contributed by atoms with Crippen molar-refractivity contribution in [2.75, 3.05) is 20.3 Å². The number of hydrogen-bond donors (Lipinski definition) is 0. The number of methoxy groups -OCH3 is 1. The van der Waals surface area contributed by atoms with Gasteiger partial charge < -0.3 is 9.47 Å². The van der Waals surface area contributed by atoms with Gasteiger partial charge in [-0.25, -0.2) is 4.39 Å². The maximum atomic E-state index is 14.0. The van der Waals surface area contributed by atoms with Gasteiger partial charge in [-0.05, 0) is 24.3 Å². The van der Waals surface area contributed by atoms with E-state index in [2.05, 4.69) is 22.9 Å². The highest BCUT2D eigenvalue weighted by Crippen LogP contribution is 2.41. The van der Waals surface area contributed by atoms with Crippen LogP contribution in [0.1, 0.15) is 23.7 Å². The lowest BCUT2D eigenvalue weighted by atomic mass is 9.84. The first-order valence-corrected chi connectivity index (χ1v) is 7.10. The van der Waals surface area contributed by atoms with Crippen molar-refractivity contribution in [3.8, 4) is 5.75 Å². The van der Waals surface area contributed by atoms with Crippen LogP contribution in [0.15, 0.2) is 18.2 Å². The average Bonchev–Trinajstić information content (AvgIpc) is 2.38. The van der Waals surface area contributed by atoms with E-state index in [1.807, 2.05) is 0 Å². The standard InChI is InChI=1S/C14H18BrFO2/c1-9-8-18-6-5-11(9)14(15)12-4-3-10(17-2)7-13(12)16/h3-4,7,9,11,14H,5-6,8H2,1-2H3. The molecule has 1 aliphatic rings. The van der Waals surface area contributed by atoms with E-state index in [9.17, 15) is 4.39 Å². The summed E-state index contributed by atoms with van der Waals surface area (Å²) in [4.78, 5) is 0.0299. The topological polar surface area (TPSA) is 18.5 Å². The van der Waals surface area contributed by atoms with E-state index >= 15 is 0 Å². The van der Waals surface area contributed by atoms with Crippen LogP contribution in [0.3, 0.4) is 0 Å². The smallest absolute Gasteiger partial charge is 0.131 e. The molecule has 1 fully saturated rings. The molecule has 1 aromatic rings. The first-order chi connectivity index (χ1) is 8.63. The molecule has 18 heavy (non-hydrogen) atoms. The van der Waals surface area contributed by atoms with E-state index in [0.29, 0.717) is 23.1 Å². The van der Waals surface area contributed by atoms with E-state index in [1.54, 1.807) is 19.2 Å². The first-order valence-electron chi connectivity index (χ1n) is 6.18. The maximum absolute atomic E-state index is 14.0. The molecule has 1 aliphatic heterocycles. The summed E-state index contributed by atoms with van der Waals surface area (Å²) in [5, 5.41) is 0. The summed E-state index contributed by atoms with van der Waals surface area (Å²) in [6, 6.07) is 5.04. The Hall–Kier alpha value is -0.610. The Morgan fingerprint density at radius 2 is 2.28 bits per heavy atom. The van der Waals surface area contributed by atoms with E-state index in [1.165, 1.54) is 6.07 Å². The second-order valence-corrected chi connectivity index (χ2v) is 5.78. The van der Waals surface area contributed by atoms with Crippen LogP contribution in [0, 0.1) is 17.7 Å². The van der Waals surface area contributed by atoms with E-state index in [0.717, 1.165) is 19.6 Å². The van der Waals surface area contributed by atoms with Gasteiger partial charge in [-0.1, -0.05) is 28.9 Å². The summed E-state index contributed by atoms with van der Waals surface area (Å²) in [5.74, 6) is 1.18. The molecule has 0 saturated carbocycles. The van der Waals surface area contributed by atoms with Gasteiger partial charge >= 0.3 is 0 Å². The normalized spacial score (nSPS) is 25.8. The third-order valence-electron chi connectivity index (χ3n) is 3.59. The highest BCUT2D eigenvalue weighted by Gasteiger charge is 2.30. The molecule has 2 nitrogen and oxygen atoms in total. The molecule has 0 bridgehead atoms. The molecule has 0 spiro atoms. The molecule has 3 unspecified atom stereocenters. The molecule has 1 saturated heterocycles. The lowest BCUT2D eigenvalue weighted by Gasteiger charge is -2.32. The summed E-state index contributed by atoms with van der Waals surface area (Å²) in [6.45, 7) is 3.67. The SMILES string of the molecule is COc1ccc(C(Br)C2CCOCC2C)c(F)c1. The third kappa shape index (κ3) is 2.86. The van der Waals surface area contributed by atoms with Crippen molar-refractivity contribution >= 4 is 15.9 Å². The van der Waals surface area contributed by atoms with Gasteiger partial charge in [-0.15, -0.1) is 0 Å². The quantitative estimate of drug-likeness (QED) is 0.786. The summed E-state index contributed by atoms with van der Waals surface area (Å²) in [6.07, 6.45) is 0.961. The number of halogens is 2. The lowest BCUT2D eigenvalue weighted by Crippen LogP contribution is -2.28. The third-order valence-corrected chi connectivity index (χ3v) is 4.76. The van der Waals surface area contributed by atoms with Crippen molar-refractivity contribution in [1.82, 2.24) is 0 Å². The molecule has 0 aromatic heterocycles. The van der Waals surface area contributed by atoms with Crippen LogP contribution in [-0.2, 0) is 4.74 Å². The van der Waals surface area contributed by atoms with Crippen LogP contribution in [0.5, 0.6) is 5.75 Å².